The number of hydrogen-bond acceptors (Lipinski definition) is 2. The van der Waals surface area contributed by atoms with E-state index in [4.69, 9.17) is 0 Å². The highest BCUT2D eigenvalue weighted by molar-refractivity contribution is 5.76. The lowest BCUT2D eigenvalue weighted by molar-refractivity contribution is -0.130. The summed E-state index contributed by atoms with van der Waals surface area (Å²) in [4.78, 5) is 13.7. The number of hydrogen-bond donors (Lipinski definition) is 1. The molecule has 0 aromatic heterocycles. The first-order chi connectivity index (χ1) is 9.36. The van der Waals surface area contributed by atoms with Gasteiger partial charge in [0.25, 0.3) is 0 Å². The monoisotopic (exact) mass is 256 g/mol. The fraction of sp³-hybridized carbons (Fsp3) is 0.438. The van der Waals surface area contributed by atoms with Crippen LogP contribution in [0.25, 0.3) is 0 Å². The molecule has 3 nitrogen and oxygen atoms in total. The Labute approximate surface area is 115 Å². The summed E-state index contributed by atoms with van der Waals surface area (Å²) in [6, 6.07) is 9.92. The number of rotatable bonds is 4. The largest absolute Gasteiger partial charge is 0.343 e. The minimum Gasteiger partial charge on any atom is -0.343 e. The second-order valence-electron chi connectivity index (χ2n) is 4.68. The van der Waals surface area contributed by atoms with Crippen molar-refractivity contribution in [2.45, 2.75) is 19.3 Å². The van der Waals surface area contributed by atoms with Gasteiger partial charge in [-0.1, -0.05) is 30.0 Å². The summed E-state index contributed by atoms with van der Waals surface area (Å²) in [7, 11) is 0. The molecular weight excluding hydrogens is 236 g/mol. The Morgan fingerprint density at radius 1 is 1.21 bits per heavy atom. The van der Waals surface area contributed by atoms with E-state index < -0.39 is 0 Å². The van der Waals surface area contributed by atoms with Crippen LogP contribution in [0.3, 0.4) is 0 Å². The lowest BCUT2D eigenvalue weighted by Crippen LogP contribution is -2.30. The number of carbonyl (C=O) groups is 1. The molecule has 0 atom stereocenters. The molecule has 1 saturated heterocycles. The topological polar surface area (TPSA) is 32.3 Å². The maximum atomic E-state index is 11.7. The van der Waals surface area contributed by atoms with Gasteiger partial charge < -0.3 is 10.2 Å². The first-order valence-electron chi connectivity index (χ1n) is 6.89. The Balaban J connectivity index is 1.60. The van der Waals surface area contributed by atoms with Gasteiger partial charge in [-0.25, -0.2) is 0 Å². The maximum absolute atomic E-state index is 11.7. The van der Waals surface area contributed by atoms with E-state index in [1.807, 2.05) is 35.2 Å². The normalized spacial score (nSPS) is 14.0. The van der Waals surface area contributed by atoms with E-state index in [0.29, 0.717) is 19.5 Å². The van der Waals surface area contributed by atoms with Crippen LogP contribution in [-0.2, 0) is 4.79 Å². The van der Waals surface area contributed by atoms with E-state index in [0.717, 1.165) is 31.5 Å². The highest BCUT2D eigenvalue weighted by atomic mass is 16.2. The average molecular weight is 256 g/mol. The lowest BCUT2D eigenvalue weighted by Gasteiger charge is -2.14. The average Bonchev–Trinajstić information content (AvgIpc) is 2.98. The van der Waals surface area contributed by atoms with Crippen molar-refractivity contribution in [2.24, 2.45) is 0 Å². The Morgan fingerprint density at radius 2 is 1.95 bits per heavy atom. The first kappa shape index (κ1) is 13.6. The minimum atomic E-state index is 0.265. The van der Waals surface area contributed by atoms with E-state index in [9.17, 15) is 4.79 Å². The highest BCUT2D eigenvalue weighted by Gasteiger charge is 2.16. The molecule has 1 aromatic carbocycles. The molecule has 1 aliphatic rings. The molecule has 1 aromatic rings. The van der Waals surface area contributed by atoms with Gasteiger partial charge in [-0.2, -0.15) is 0 Å². The van der Waals surface area contributed by atoms with Crippen LogP contribution < -0.4 is 5.32 Å². The summed E-state index contributed by atoms with van der Waals surface area (Å²) in [5, 5.41) is 3.19. The summed E-state index contributed by atoms with van der Waals surface area (Å²) in [6.45, 7) is 3.21. The van der Waals surface area contributed by atoms with Gasteiger partial charge in [0.05, 0.1) is 6.54 Å². The minimum absolute atomic E-state index is 0.265. The fourth-order valence-corrected chi connectivity index (χ4v) is 2.14. The Kier molecular flexibility index (Phi) is 5.46. The SMILES string of the molecule is O=C(CCNCC#Cc1ccccc1)N1CCCC1. The fourth-order valence-electron chi connectivity index (χ4n) is 2.14. The van der Waals surface area contributed by atoms with Crippen molar-refractivity contribution in [1.29, 1.82) is 0 Å². The Morgan fingerprint density at radius 3 is 2.68 bits per heavy atom. The van der Waals surface area contributed by atoms with Gasteiger partial charge in [0, 0.05) is 31.6 Å². The quantitative estimate of drug-likeness (QED) is 0.656. The van der Waals surface area contributed by atoms with Crippen molar-refractivity contribution in [3.63, 3.8) is 0 Å². The molecule has 2 rings (SSSR count). The molecule has 0 unspecified atom stereocenters. The van der Waals surface area contributed by atoms with Crippen LogP contribution >= 0.6 is 0 Å². The van der Waals surface area contributed by atoms with Gasteiger partial charge >= 0.3 is 0 Å². The predicted molar refractivity (Wildman–Crippen MR) is 76.6 cm³/mol. The summed E-state index contributed by atoms with van der Waals surface area (Å²) in [6.07, 6.45) is 2.89. The van der Waals surface area contributed by atoms with E-state index in [2.05, 4.69) is 17.2 Å². The summed E-state index contributed by atoms with van der Waals surface area (Å²) in [5.41, 5.74) is 1.03. The summed E-state index contributed by atoms with van der Waals surface area (Å²) >= 11 is 0. The molecule has 1 N–H and O–H groups in total. The van der Waals surface area contributed by atoms with E-state index in [1.165, 1.54) is 0 Å². The third-order valence-electron chi connectivity index (χ3n) is 3.19. The van der Waals surface area contributed by atoms with E-state index in [-0.39, 0.29) is 5.91 Å². The second-order valence-corrected chi connectivity index (χ2v) is 4.68. The van der Waals surface area contributed by atoms with Gasteiger partial charge in [0.15, 0.2) is 0 Å². The predicted octanol–water partition coefficient (Wildman–Crippen LogP) is 1.64. The zero-order valence-electron chi connectivity index (χ0n) is 11.2. The summed E-state index contributed by atoms with van der Waals surface area (Å²) in [5.74, 6) is 6.40. The number of carbonyl (C=O) groups excluding carboxylic acids is 1. The number of benzene rings is 1. The molecule has 0 bridgehead atoms. The first-order valence-corrected chi connectivity index (χ1v) is 6.89. The van der Waals surface area contributed by atoms with Crippen LogP contribution in [0.2, 0.25) is 0 Å². The van der Waals surface area contributed by atoms with E-state index >= 15 is 0 Å². The molecule has 0 saturated carbocycles. The van der Waals surface area contributed by atoms with Crippen LogP contribution in [0.5, 0.6) is 0 Å². The van der Waals surface area contributed by atoms with Gasteiger partial charge in [0.1, 0.15) is 0 Å². The molecule has 1 aliphatic heterocycles. The standard InChI is InChI=1S/C16H20N2O/c19-16(18-13-4-5-14-18)10-12-17-11-6-9-15-7-2-1-3-8-15/h1-3,7-8,17H,4-5,10-14H2. The van der Waals surface area contributed by atoms with Gasteiger partial charge in [-0.3, -0.25) is 4.79 Å². The van der Waals surface area contributed by atoms with Crippen molar-refractivity contribution in [2.75, 3.05) is 26.2 Å². The molecule has 19 heavy (non-hydrogen) atoms. The molecule has 0 spiro atoms. The van der Waals surface area contributed by atoms with Crippen LogP contribution in [0.15, 0.2) is 30.3 Å². The molecule has 1 fully saturated rings. The second kappa shape index (κ2) is 7.60. The van der Waals surface area contributed by atoms with Gasteiger partial charge in [-0.05, 0) is 25.0 Å². The van der Waals surface area contributed by atoms with E-state index in [1.54, 1.807) is 0 Å². The number of nitrogens with one attached hydrogen (secondary N) is 1. The van der Waals surface area contributed by atoms with Crippen molar-refractivity contribution in [3.8, 4) is 11.8 Å². The van der Waals surface area contributed by atoms with Crippen molar-refractivity contribution < 1.29 is 4.79 Å². The zero-order valence-corrected chi connectivity index (χ0v) is 11.2. The smallest absolute Gasteiger partial charge is 0.223 e. The molecule has 0 radical (unpaired) electrons. The van der Waals surface area contributed by atoms with Crippen molar-refractivity contribution >= 4 is 5.91 Å². The molecular formula is C16H20N2O. The maximum Gasteiger partial charge on any atom is 0.223 e. The molecule has 1 amide bonds. The molecule has 0 aliphatic carbocycles. The number of amides is 1. The summed E-state index contributed by atoms with van der Waals surface area (Å²) < 4.78 is 0. The Hall–Kier alpha value is -1.79. The van der Waals surface area contributed by atoms with Crippen molar-refractivity contribution in [1.82, 2.24) is 10.2 Å². The van der Waals surface area contributed by atoms with Crippen LogP contribution in [-0.4, -0.2) is 37.0 Å². The zero-order chi connectivity index (χ0) is 13.3. The third-order valence-corrected chi connectivity index (χ3v) is 3.19. The lowest BCUT2D eigenvalue weighted by atomic mass is 10.2. The highest BCUT2D eigenvalue weighted by Crippen LogP contribution is 2.08. The molecule has 3 heteroatoms. The van der Waals surface area contributed by atoms with Crippen LogP contribution in [0.1, 0.15) is 24.8 Å². The van der Waals surface area contributed by atoms with Gasteiger partial charge in [-0.15, -0.1) is 0 Å². The third kappa shape index (κ3) is 4.76. The van der Waals surface area contributed by atoms with Crippen molar-refractivity contribution in [3.05, 3.63) is 35.9 Å². The Bertz CT molecular complexity index is 453. The molecule has 100 valence electrons. The number of nitrogens with zero attached hydrogens (tertiary/aromatic N) is 1. The number of likely N-dealkylation sites (tertiary alicyclic amines) is 1. The van der Waals surface area contributed by atoms with Crippen LogP contribution in [0, 0.1) is 11.8 Å². The van der Waals surface area contributed by atoms with Crippen LogP contribution in [0.4, 0.5) is 0 Å². The molecule has 1 heterocycles. The van der Waals surface area contributed by atoms with Gasteiger partial charge in [0.2, 0.25) is 5.91 Å².